The lowest BCUT2D eigenvalue weighted by molar-refractivity contribution is 0.102. The second kappa shape index (κ2) is 11.9. The van der Waals surface area contributed by atoms with Crippen LogP contribution in [-0.4, -0.2) is 39.8 Å². The summed E-state index contributed by atoms with van der Waals surface area (Å²) >= 11 is 1.54. The average Bonchev–Trinajstić information content (AvgIpc) is 3.65. The number of thiazole rings is 1. The third-order valence-corrected chi connectivity index (χ3v) is 8.57. The summed E-state index contributed by atoms with van der Waals surface area (Å²) in [4.78, 5) is 36.5. The van der Waals surface area contributed by atoms with Crippen molar-refractivity contribution in [3.05, 3.63) is 112 Å². The Morgan fingerprint density at radius 1 is 1.00 bits per heavy atom. The largest absolute Gasteiger partial charge is 0.322 e. The van der Waals surface area contributed by atoms with Gasteiger partial charge in [0.15, 0.2) is 5.13 Å². The first-order valence-electron chi connectivity index (χ1n) is 13.8. The van der Waals surface area contributed by atoms with E-state index in [1.165, 1.54) is 10.4 Å². The number of rotatable bonds is 6. The fourth-order valence-corrected chi connectivity index (χ4v) is 6.60. The normalized spacial score (nSPS) is 16.6. The van der Waals surface area contributed by atoms with Crippen LogP contribution in [0.5, 0.6) is 0 Å². The van der Waals surface area contributed by atoms with Crippen molar-refractivity contribution in [1.29, 1.82) is 5.26 Å². The molecule has 1 saturated heterocycles. The molecular weight excluding hydrogens is 532 g/mol. The lowest BCUT2D eigenvalue weighted by Crippen LogP contribution is -2.34. The Labute approximate surface area is 243 Å². The van der Waals surface area contributed by atoms with Gasteiger partial charge in [0.1, 0.15) is 0 Å². The lowest BCUT2D eigenvalue weighted by atomic mass is 10.0. The maximum absolute atomic E-state index is 13.2. The second-order valence-corrected chi connectivity index (χ2v) is 11.5. The predicted molar refractivity (Wildman–Crippen MR) is 160 cm³/mol. The summed E-state index contributed by atoms with van der Waals surface area (Å²) in [5.41, 5.74) is 4.89. The number of fused-ring (bicyclic) bond motifs is 1. The molecule has 9 heteroatoms. The first kappa shape index (κ1) is 26.7. The molecule has 8 nitrogen and oxygen atoms in total. The predicted octanol–water partition coefficient (Wildman–Crippen LogP) is 6.19. The van der Waals surface area contributed by atoms with Crippen molar-refractivity contribution in [2.75, 3.05) is 23.7 Å². The van der Waals surface area contributed by atoms with E-state index in [9.17, 15) is 9.59 Å². The van der Waals surface area contributed by atoms with E-state index >= 15 is 0 Å². The lowest BCUT2D eigenvalue weighted by Gasteiger charge is -2.25. The standard InChI is InChI=1S/C32H30N6O2S/c33-19-23-9-4-12-26(17-23)34-32(40)38-15-6-13-28(38)24-10-5-11-25(18-24)30(39)36-31-35-27-14-16-37(21-29(27)41-31)20-22-7-2-1-3-8-22/h1-5,7-12,17-18,28H,6,13-16,20-21H2,(H,34,40)(H,35,36,39)/t28-/m0/s1. The molecule has 3 heterocycles. The Hall–Kier alpha value is -4.52. The van der Waals surface area contributed by atoms with E-state index in [0.29, 0.717) is 28.5 Å². The van der Waals surface area contributed by atoms with Gasteiger partial charge in [-0.05, 0) is 54.3 Å². The molecule has 3 amide bonds. The molecule has 4 aromatic rings. The number of hydrogen-bond donors (Lipinski definition) is 2. The highest BCUT2D eigenvalue weighted by Crippen LogP contribution is 2.34. The zero-order chi connectivity index (χ0) is 28.2. The third kappa shape index (κ3) is 6.14. The number of nitrogens with one attached hydrogen (secondary N) is 2. The monoisotopic (exact) mass is 562 g/mol. The van der Waals surface area contributed by atoms with Gasteiger partial charge in [-0.1, -0.05) is 48.5 Å². The summed E-state index contributed by atoms with van der Waals surface area (Å²) < 4.78 is 0. The zero-order valence-electron chi connectivity index (χ0n) is 22.5. The van der Waals surface area contributed by atoms with E-state index < -0.39 is 0 Å². The van der Waals surface area contributed by atoms with Gasteiger partial charge in [-0.25, -0.2) is 9.78 Å². The number of hydrogen-bond acceptors (Lipinski definition) is 6. The van der Waals surface area contributed by atoms with Gasteiger partial charge in [-0.2, -0.15) is 5.26 Å². The number of carbonyl (C=O) groups excluding carboxylic acids is 2. The van der Waals surface area contributed by atoms with E-state index in [0.717, 1.165) is 50.2 Å². The van der Waals surface area contributed by atoms with Crippen LogP contribution in [0.2, 0.25) is 0 Å². The summed E-state index contributed by atoms with van der Waals surface area (Å²) in [6.45, 7) is 3.29. The molecule has 0 radical (unpaired) electrons. The minimum atomic E-state index is -0.216. The molecule has 2 aliphatic rings. The fraction of sp³-hybridized carbons (Fsp3) is 0.250. The molecule has 41 heavy (non-hydrogen) atoms. The molecule has 206 valence electrons. The number of likely N-dealkylation sites (tertiary alicyclic amines) is 1. The number of benzene rings is 3. The summed E-state index contributed by atoms with van der Waals surface area (Å²) in [6, 6.07) is 26.6. The summed E-state index contributed by atoms with van der Waals surface area (Å²) in [5.74, 6) is -0.207. The highest BCUT2D eigenvalue weighted by molar-refractivity contribution is 7.15. The second-order valence-electron chi connectivity index (χ2n) is 10.4. The Kier molecular flexibility index (Phi) is 7.76. The van der Waals surface area contributed by atoms with Crippen molar-refractivity contribution >= 4 is 34.1 Å². The van der Waals surface area contributed by atoms with E-state index in [1.54, 1.807) is 46.6 Å². The quantitative estimate of drug-likeness (QED) is 0.292. The molecule has 1 aromatic heterocycles. The van der Waals surface area contributed by atoms with Gasteiger partial charge >= 0.3 is 6.03 Å². The van der Waals surface area contributed by atoms with Crippen LogP contribution in [-0.2, 0) is 19.5 Å². The van der Waals surface area contributed by atoms with E-state index in [1.807, 2.05) is 24.3 Å². The third-order valence-electron chi connectivity index (χ3n) is 7.57. The van der Waals surface area contributed by atoms with Crippen LogP contribution >= 0.6 is 11.3 Å². The highest BCUT2D eigenvalue weighted by Gasteiger charge is 2.30. The van der Waals surface area contributed by atoms with Gasteiger partial charge in [-0.3, -0.25) is 15.0 Å². The van der Waals surface area contributed by atoms with Gasteiger partial charge in [0.2, 0.25) is 0 Å². The Bertz CT molecular complexity index is 1610. The van der Waals surface area contributed by atoms with Crippen LogP contribution in [0.1, 0.15) is 56.5 Å². The number of carbonyl (C=O) groups is 2. The van der Waals surface area contributed by atoms with Crippen LogP contribution in [0.25, 0.3) is 0 Å². The molecule has 3 aromatic carbocycles. The zero-order valence-corrected chi connectivity index (χ0v) is 23.4. The smallest absolute Gasteiger partial charge is 0.317 e. The number of urea groups is 1. The number of anilines is 2. The highest BCUT2D eigenvalue weighted by atomic mass is 32.1. The number of aromatic nitrogens is 1. The van der Waals surface area contributed by atoms with Crippen LogP contribution < -0.4 is 10.6 Å². The van der Waals surface area contributed by atoms with Crippen molar-refractivity contribution in [1.82, 2.24) is 14.8 Å². The number of nitriles is 1. The van der Waals surface area contributed by atoms with Crippen LogP contribution in [0.15, 0.2) is 78.9 Å². The molecule has 1 atom stereocenters. The Morgan fingerprint density at radius 2 is 1.85 bits per heavy atom. The number of amides is 3. The Balaban J connectivity index is 1.11. The van der Waals surface area contributed by atoms with Gasteiger partial charge in [-0.15, -0.1) is 11.3 Å². The minimum absolute atomic E-state index is 0.135. The average molecular weight is 563 g/mol. The SMILES string of the molecule is N#Cc1cccc(NC(=O)N2CCC[C@H]2c2cccc(C(=O)Nc3nc4c(s3)CN(Cc3ccccc3)CC4)c2)c1. The molecule has 1 fully saturated rings. The molecule has 6 rings (SSSR count). The van der Waals surface area contributed by atoms with Crippen LogP contribution in [0, 0.1) is 11.3 Å². The molecule has 0 bridgehead atoms. The topological polar surface area (TPSA) is 101 Å². The minimum Gasteiger partial charge on any atom is -0.317 e. The molecular formula is C32H30N6O2S. The van der Waals surface area contributed by atoms with Gasteiger partial charge in [0, 0.05) is 48.7 Å². The Morgan fingerprint density at radius 3 is 2.71 bits per heavy atom. The summed E-state index contributed by atoms with van der Waals surface area (Å²) in [7, 11) is 0. The van der Waals surface area contributed by atoms with Crippen molar-refractivity contribution < 1.29 is 9.59 Å². The van der Waals surface area contributed by atoms with Crippen LogP contribution in [0.3, 0.4) is 0 Å². The van der Waals surface area contributed by atoms with Crippen molar-refractivity contribution in [2.24, 2.45) is 0 Å². The van der Waals surface area contributed by atoms with Crippen LogP contribution in [0.4, 0.5) is 15.6 Å². The van der Waals surface area contributed by atoms with E-state index in [4.69, 9.17) is 10.2 Å². The maximum atomic E-state index is 13.2. The molecule has 2 N–H and O–H groups in total. The molecule has 0 saturated carbocycles. The summed E-state index contributed by atoms with van der Waals surface area (Å²) in [6.07, 6.45) is 2.55. The van der Waals surface area contributed by atoms with Gasteiger partial charge in [0.25, 0.3) is 5.91 Å². The van der Waals surface area contributed by atoms with Gasteiger partial charge < -0.3 is 10.2 Å². The van der Waals surface area contributed by atoms with Crippen molar-refractivity contribution in [3.8, 4) is 6.07 Å². The van der Waals surface area contributed by atoms with E-state index in [-0.39, 0.29) is 18.0 Å². The summed E-state index contributed by atoms with van der Waals surface area (Å²) in [5, 5.41) is 15.7. The van der Waals surface area contributed by atoms with Gasteiger partial charge in [0.05, 0.1) is 23.4 Å². The van der Waals surface area contributed by atoms with E-state index in [2.05, 4.69) is 45.9 Å². The molecule has 0 unspecified atom stereocenters. The first-order chi connectivity index (χ1) is 20.1. The maximum Gasteiger partial charge on any atom is 0.322 e. The van der Waals surface area contributed by atoms with Crippen molar-refractivity contribution in [3.63, 3.8) is 0 Å². The molecule has 0 spiro atoms. The van der Waals surface area contributed by atoms with Crippen molar-refractivity contribution in [2.45, 2.75) is 38.4 Å². The first-order valence-corrected chi connectivity index (χ1v) is 14.6. The molecule has 2 aliphatic heterocycles. The fourth-order valence-electron chi connectivity index (χ4n) is 5.55. The molecule has 0 aliphatic carbocycles. The number of nitrogens with zero attached hydrogens (tertiary/aromatic N) is 4.